The lowest BCUT2D eigenvalue weighted by atomic mass is 10.1. The Morgan fingerprint density at radius 2 is 1.82 bits per heavy atom. The van der Waals surface area contributed by atoms with Gasteiger partial charge in [-0.2, -0.15) is 0 Å². The topological polar surface area (TPSA) is 12.0 Å². The number of benzene rings is 1. The van der Waals surface area contributed by atoms with Crippen molar-refractivity contribution in [3.05, 3.63) is 53.6 Å². The molecule has 0 fully saturated rings. The van der Waals surface area contributed by atoms with E-state index in [4.69, 9.17) is 0 Å². The smallest absolute Gasteiger partial charge is 0.0357 e. The van der Waals surface area contributed by atoms with E-state index >= 15 is 0 Å². The zero-order chi connectivity index (χ0) is 12.5. The second-order valence-corrected chi connectivity index (χ2v) is 4.44. The minimum atomic E-state index is 0.929. The third-order valence-corrected chi connectivity index (χ3v) is 2.87. The van der Waals surface area contributed by atoms with Crippen molar-refractivity contribution in [1.29, 1.82) is 0 Å². The molecule has 1 N–H and O–H groups in total. The molecule has 1 nitrogen and oxygen atoms in total. The summed E-state index contributed by atoms with van der Waals surface area (Å²) >= 11 is 0. The lowest BCUT2D eigenvalue weighted by molar-refractivity contribution is 0.958. The number of anilines is 1. The van der Waals surface area contributed by atoms with Crippen LogP contribution in [-0.4, -0.2) is 6.54 Å². The molecule has 0 heterocycles. The highest BCUT2D eigenvalue weighted by atomic mass is 14.9. The summed E-state index contributed by atoms with van der Waals surface area (Å²) < 4.78 is 0. The number of nitrogens with one attached hydrogen (secondary N) is 1. The van der Waals surface area contributed by atoms with Gasteiger partial charge < -0.3 is 5.32 Å². The van der Waals surface area contributed by atoms with E-state index < -0.39 is 0 Å². The second-order valence-electron chi connectivity index (χ2n) is 4.44. The number of hydrogen-bond acceptors (Lipinski definition) is 1. The van der Waals surface area contributed by atoms with Crippen molar-refractivity contribution in [2.45, 2.75) is 33.6 Å². The van der Waals surface area contributed by atoms with Crippen LogP contribution in [-0.2, 0) is 0 Å². The molecule has 0 aliphatic heterocycles. The van der Waals surface area contributed by atoms with Gasteiger partial charge in [-0.05, 0) is 45.7 Å². The third-order valence-electron chi connectivity index (χ3n) is 2.87. The van der Waals surface area contributed by atoms with Crippen LogP contribution in [0.5, 0.6) is 0 Å². The van der Waals surface area contributed by atoms with Gasteiger partial charge in [0.25, 0.3) is 0 Å². The Balaban J connectivity index is 2.29. The average Bonchev–Trinajstić information content (AvgIpc) is 2.37. The molecule has 0 spiro atoms. The van der Waals surface area contributed by atoms with Gasteiger partial charge in [-0.15, -0.1) is 0 Å². The van der Waals surface area contributed by atoms with Gasteiger partial charge in [-0.3, -0.25) is 0 Å². The van der Waals surface area contributed by atoms with Gasteiger partial charge in [0.15, 0.2) is 0 Å². The van der Waals surface area contributed by atoms with Crippen molar-refractivity contribution in [2.24, 2.45) is 0 Å². The number of para-hydroxylation sites is 1. The Bertz CT molecular complexity index is 374. The van der Waals surface area contributed by atoms with E-state index in [1.807, 2.05) is 6.07 Å². The molecular formula is C16H23N. The number of hydrogen-bond donors (Lipinski definition) is 1. The molecule has 17 heavy (non-hydrogen) atoms. The van der Waals surface area contributed by atoms with E-state index in [0.29, 0.717) is 0 Å². The van der Waals surface area contributed by atoms with E-state index in [-0.39, 0.29) is 0 Å². The molecule has 0 radical (unpaired) electrons. The molecule has 1 aromatic rings. The molecule has 0 aliphatic carbocycles. The first-order valence-corrected chi connectivity index (χ1v) is 6.28. The van der Waals surface area contributed by atoms with Crippen LogP contribution >= 0.6 is 0 Å². The van der Waals surface area contributed by atoms with Crippen LogP contribution in [0.15, 0.2) is 53.6 Å². The lowest BCUT2D eigenvalue weighted by Gasteiger charge is -2.06. The quantitative estimate of drug-likeness (QED) is 0.691. The zero-order valence-electron chi connectivity index (χ0n) is 11.2. The second kappa shape index (κ2) is 7.72. The first-order chi connectivity index (χ1) is 8.22. The van der Waals surface area contributed by atoms with Crippen LogP contribution in [0, 0.1) is 0 Å². The Morgan fingerprint density at radius 3 is 2.47 bits per heavy atom. The fourth-order valence-corrected chi connectivity index (χ4v) is 1.56. The fourth-order valence-electron chi connectivity index (χ4n) is 1.56. The highest BCUT2D eigenvalue weighted by molar-refractivity contribution is 5.43. The predicted octanol–water partition coefficient (Wildman–Crippen LogP) is 4.79. The summed E-state index contributed by atoms with van der Waals surface area (Å²) in [6, 6.07) is 10.3. The van der Waals surface area contributed by atoms with Crippen molar-refractivity contribution in [3.8, 4) is 0 Å². The van der Waals surface area contributed by atoms with Crippen LogP contribution in [0.1, 0.15) is 33.6 Å². The molecule has 0 amide bonds. The van der Waals surface area contributed by atoms with Crippen molar-refractivity contribution < 1.29 is 0 Å². The number of allylic oxidation sites excluding steroid dienone is 3. The molecule has 0 saturated heterocycles. The third kappa shape index (κ3) is 5.96. The van der Waals surface area contributed by atoms with Gasteiger partial charge in [0, 0.05) is 12.2 Å². The molecule has 1 heteroatoms. The van der Waals surface area contributed by atoms with Gasteiger partial charge >= 0.3 is 0 Å². The maximum Gasteiger partial charge on any atom is 0.0357 e. The van der Waals surface area contributed by atoms with Gasteiger partial charge in [-0.1, -0.05) is 41.5 Å². The van der Waals surface area contributed by atoms with Crippen LogP contribution in [0.3, 0.4) is 0 Å². The molecule has 92 valence electrons. The van der Waals surface area contributed by atoms with Crippen LogP contribution in [0.25, 0.3) is 0 Å². The van der Waals surface area contributed by atoms with Crippen molar-refractivity contribution in [2.75, 3.05) is 11.9 Å². The first-order valence-electron chi connectivity index (χ1n) is 6.28. The van der Waals surface area contributed by atoms with Gasteiger partial charge in [0.1, 0.15) is 0 Å². The minimum absolute atomic E-state index is 0.929. The molecule has 1 rings (SSSR count). The Morgan fingerprint density at radius 1 is 1.12 bits per heavy atom. The molecule has 0 aromatic heterocycles. The zero-order valence-corrected chi connectivity index (χ0v) is 11.2. The summed E-state index contributed by atoms with van der Waals surface area (Å²) in [5.74, 6) is 0. The van der Waals surface area contributed by atoms with E-state index in [0.717, 1.165) is 13.0 Å². The summed E-state index contributed by atoms with van der Waals surface area (Å²) in [5.41, 5.74) is 4.05. The van der Waals surface area contributed by atoms with Crippen LogP contribution in [0.4, 0.5) is 5.69 Å². The van der Waals surface area contributed by atoms with E-state index in [9.17, 15) is 0 Å². The normalized spacial score (nSPS) is 12.6. The first kappa shape index (κ1) is 13.6. The van der Waals surface area contributed by atoms with E-state index in [1.54, 1.807) is 0 Å². The van der Waals surface area contributed by atoms with Crippen molar-refractivity contribution in [1.82, 2.24) is 0 Å². The fraction of sp³-hybridized carbons (Fsp3) is 0.375. The van der Waals surface area contributed by atoms with Crippen molar-refractivity contribution in [3.63, 3.8) is 0 Å². The van der Waals surface area contributed by atoms with Crippen LogP contribution in [0.2, 0.25) is 0 Å². The maximum atomic E-state index is 3.41. The average molecular weight is 229 g/mol. The highest BCUT2D eigenvalue weighted by Gasteiger charge is 1.92. The summed E-state index contributed by atoms with van der Waals surface area (Å²) in [4.78, 5) is 0. The highest BCUT2D eigenvalue weighted by Crippen LogP contribution is 2.08. The molecule has 0 saturated carbocycles. The summed E-state index contributed by atoms with van der Waals surface area (Å²) in [6.07, 6.45) is 6.81. The Labute approximate surface area is 105 Å². The monoisotopic (exact) mass is 229 g/mol. The van der Waals surface area contributed by atoms with E-state index in [2.05, 4.69) is 62.5 Å². The van der Waals surface area contributed by atoms with Gasteiger partial charge in [0.05, 0.1) is 0 Å². The SMILES string of the molecule is C/C=C(\C)CC/C=C(\C)CNc1ccccc1. The summed E-state index contributed by atoms with van der Waals surface area (Å²) in [7, 11) is 0. The van der Waals surface area contributed by atoms with Gasteiger partial charge in [0.2, 0.25) is 0 Å². The number of rotatable bonds is 6. The van der Waals surface area contributed by atoms with Gasteiger partial charge in [-0.25, -0.2) is 0 Å². The molecule has 0 bridgehead atoms. The largest absolute Gasteiger partial charge is 0.381 e. The minimum Gasteiger partial charge on any atom is -0.381 e. The molecule has 1 aromatic carbocycles. The molecular weight excluding hydrogens is 206 g/mol. The standard InChI is InChI=1S/C16H23N/c1-4-14(2)9-8-10-15(3)13-17-16-11-6-5-7-12-16/h4-7,10-12,17H,8-9,13H2,1-3H3/b14-4+,15-10+. The summed E-state index contributed by atoms with van der Waals surface area (Å²) in [6.45, 7) is 7.40. The Kier molecular flexibility index (Phi) is 6.16. The Hall–Kier alpha value is -1.50. The molecule has 0 aliphatic rings. The summed E-state index contributed by atoms with van der Waals surface area (Å²) in [5, 5.41) is 3.41. The van der Waals surface area contributed by atoms with Crippen LogP contribution < -0.4 is 5.32 Å². The van der Waals surface area contributed by atoms with Crippen molar-refractivity contribution >= 4 is 5.69 Å². The molecule has 0 unspecified atom stereocenters. The van der Waals surface area contributed by atoms with E-state index in [1.165, 1.54) is 23.3 Å². The predicted molar refractivity (Wildman–Crippen MR) is 77.4 cm³/mol. The molecule has 0 atom stereocenters. The lowest BCUT2D eigenvalue weighted by Crippen LogP contribution is -2.02. The maximum absolute atomic E-state index is 3.41.